The number of nitriles is 1. The van der Waals surface area contributed by atoms with Crippen molar-refractivity contribution < 1.29 is 13.3 Å². The van der Waals surface area contributed by atoms with Gasteiger partial charge in [-0.25, -0.2) is 8.42 Å². The van der Waals surface area contributed by atoms with Gasteiger partial charge in [-0.2, -0.15) is 9.57 Å². The van der Waals surface area contributed by atoms with Gasteiger partial charge in [0, 0.05) is 18.2 Å². The first-order chi connectivity index (χ1) is 9.21. The molecule has 0 aliphatic rings. The molecule has 0 heterocycles. The van der Waals surface area contributed by atoms with Gasteiger partial charge in [-0.1, -0.05) is 11.6 Å². The molecule has 9 heteroatoms. The van der Waals surface area contributed by atoms with Crippen molar-refractivity contribution in [1.29, 1.82) is 5.26 Å². The molecule has 1 aromatic rings. The number of nitro groups is 1. The Hall–Kier alpha value is -1.69. The molecule has 0 unspecified atom stereocenters. The molecular formula is C11H12ClN3O4S. The monoisotopic (exact) mass is 317 g/mol. The quantitative estimate of drug-likeness (QED) is 0.470. The summed E-state index contributed by atoms with van der Waals surface area (Å²) in [4.78, 5) is 9.68. The van der Waals surface area contributed by atoms with E-state index < -0.39 is 21.0 Å². The second-order valence-electron chi connectivity index (χ2n) is 4.17. The molecule has 0 aliphatic carbocycles. The van der Waals surface area contributed by atoms with E-state index in [9.17, 15) is 18.5 Å². The molecule has 0 fully saturated rings. The highest BCUT2D eigenvalue weighted by Crippen LogP contribution is 2.29. The van der Waals surface area contributed by atoms with Gasteiger partial charge in [-0.3, -0.25) is 10.1 Å². The van der Waals surface area contributed by atoms with E-state index in [1.165, 1.54) is 0 Å². The van der Waals surface area contributed by atoms with Crippen molar-refractivity contribution in [2.24, 2.45) is 0 Å². The third-order valence-electron chi connectivity index (χ3n) is 2.52. The standard InChI is InChI=1S/C11H12ClN3O4S/c1-8(2)14(6-5-13)20(18,19)11-4-3-9(15(16)17)7-10(11)12/h3-4,7-8H,6H2,1-2H3. The summed E-state index contributed by atoms with van der Waals surface area (Å²) in [6.45, 7) is 2.91. The second kappa shape index (κ2) is 6.17. The van der Waals surface area contributed by atoms with Crippen LogP contribution in [-0.2, 0) is 10.0 Å². The second-order valence-corrected chi connectivity index (χ2v) is 6.44. The molecule has 0 atom stereocenters. The lowest BCUT2D eigenvalue weighted by Crippen LogP contribution is -2.37. The van der Waals surface area contributed by atoms with Gasteiger partial charge in [-0.15, -0.1) is 0 Å². The number of non-ortho nitro benzene ring substituents is 1. The average molecular weight is 318 g/mol. The van der Waals surface area contributed by atoms with Crippen LogP contribution in [0.15, 0.2) is 23.1 Å². The molecule has 0 spiro atoms. The van der Waals surface area contributed by atoms with Gasteiger partial charge in [0.1, 0.15) is 11.4 Å². The van der Waals surface area contributed by atoms with Crippen molar-refractivity contribution in [3.8, 4) is 6.07 Å². The summed E-state index contributed by atoms with van der Waals surface area (Å²) < 4.78 is 25.7. The van der Waals surface area contributed by atoms with E-state index in [-0.39, 0.29) is 22.2 Å². The fourth-order valence-corrected chi connectivity index (χ4v) is 3.60. The highest BCUT2D eigenvalue weighted by Gasteiger charge is 2.29. The van der Waals surface area contributed by atoms with Crippen LogP contribution in [0.5, 0.6) is 0 Å². The van der Waals surface area contributed by atoms with Gasteiger partial charge in [0.15, 0.2) is 0 Å². The Kier molecular flexibility index (Phi) is 5.05. The normalized spacial score (nSPS) is 11.6. The van der Waals surface area contributed by atoms with Crippen molar-refractivity contribution in [1.82, 2.24) is 4.31 Å². The smallest absolute Gasteiger partial charge is 0.258 e. The molecule has 0 N–H and O–H groups in total. The number of hydrogen-bond acceptors (Lipinski definition) is 5. The minimum Gasteiger partial charge on any atom is -0.258 e. The molecule has 0 amide bonds. The summed E-state index contributed by atoms with van der Waals surface area (Å²) >= 11 is 5.81. The lowest BCUT2D eigenvalue weighted by atomic mass is 10.3. The highest BCUT2D eigenvalue weighted by atomic mass is 35.5. The van der Waals surface area contributed by atoms with Crippen LogP contribution >= 0.6 is 11.6 Å². The first-order valence-corrected chi connectivity index (χ1v) is 7.36. The molecule has 0 saturated carbocycles. The first-order valence-electron chi connectivity index (χ1n) is 5.54. The average Bonchev–Trinajstić information content (AvgIpc) is 2.34. The molecule has 7 nitrogen and oxygen atoms in total. The summed E-state index contributed by atoms with van der Waals surface area (Å²) in [5.74, 6) is 0. The van der Waals surface area contributed by atoms with Gasteiger partial charge in [0.25, 0.3) is 5.69 Å². The maximum absolute atomic E-state index is 12.4. The predicted octanol–water partition coefficient (Wildman–Crippen LogP) is 2.17. The summed E-state index contributed by atoms with van der Waals surface area (Å²) in [5, 5.41) is 19.1. The molecule has 0 radical (unpaired) electrons. The van der Waals surface area contributed by atoms with Crippen molar-refractivity contribution in [3.05, 3.63) is 33.3 Å². The van der Waals surface area contributed by atoms with Crippen LogP contribution in [0.25, 0.3) is 0 Å². The molecule has 0 saturated heterocycles. The zero-order valence-corrected chi connectivity index (χ0v) is 12.3. The van der Waals surface area contributed by atoms with Crippen molar-refractivity contribution in [2.45, 2.75) is 24.8 Å². The van der Waals surface area contributed by atoms with E-state index in [0.717, 1.165) is 22.5 Å². The van der Waals surface area contributed by atoms with E-state index in [1.54, 1.807) is 19.9 Å². The van der Waals surface area contributed by atoms with E-state index in [4.69, 9.17) is 16.9 Å². The van der Waals surface area contributed by atoms with E-state index >= 15 is 0 Å². The molecule has 1 aromatic carbocycles. The van der Waals surface area contributed by atoms with Gasteiger partial charge >= 0.3 is 0 Å². The molecule has 0 aromatic heterocycles. The largest absolute Gasteiger partial charge is 0.271 e. The fourth-order valence-electron chi connectivity index (χ4n) is 1.55. The number of sulfonamides is 1. The van der Waals surface area contributed by atoms with Crippen LogP contribution in [-0.4, -0.2) is 30.2 Å². The number of nitrogens with zero attached hydrogens (tertiary/aromatic N) is 3. The topological polar surface area (TPSA) is 104 Å². The number of halogens is 1. The van der Waals surface area contributed by atoms with Crippen LogP contribution < -0.4 is 0 Å². The Morgan fingerprint density at radius 2 is 2.10 bits per heavy atom. The van der Waals surface area contributed by atoms with Gasteiger partial charge in [-0.05, 0) is 19.9 Å². The van der Waals surface area contributed by atoms with Gasteiger partial charge < -0.3 is 0 Å². The van der Waals surface area contributed by atoms with Crippen molar-refractivity contribution >= 4 is 27.3 Å². The van der Waals surface area contributed by atoms with E-state index in [1.807, 2.05) is 0 Å². The van der Waals surface area contributed by atoms with Crippen molar-refractivity contribution in [2.75, 3.05) is 6.54 Å². The fraction of sp³-hybridized carbons (Fsp3) is 0.364. The van der Waals surface area contributed by atoms with Crippen LogP contribution in [0.1, 0.15) is 13.8 Å². The Labute approximate surface area is 121 Å². The molecule has 108 valence electrons. The number of hydrogen-bond donors (Lipinski definition) is 0. The van der Waals surface area contributed by atoms with E-state index in [2.05, 4.69) is 0 Å². The molecule has 20 heavy (non-hydrogen) atoms. The third-order valence-corrected chi connectivity index (χ3v) is 5.02. The Balaban J connectivity index is 3.35. The van der Waals surface area contributed by atoms with Crippen LogP contribution in [0.4, 0.5) is 5.69 Å². The first kappa shape index (κ1) is 16.4. The Morgan fingerprint density at radius 1 is 1.50 bits per heavy atom. The maximum atomic E-state index is 12.4. The SMILES string of the molecule is CC(C)N(CC#N)S(=O)(=O)c1ccc([N+](=O)[O-])cc1Cl. The molecule has 1 rings (SSSR count). The predicted molar refractivity (Wildman–Crippen MR) is 72.7 cm³/mol. The van der Waals surface area contributed by atoms with Crippen LogP contribution in [0.3, 0.4) is 0 Å². The summed E-state index contributed by atoms with van der Waals surface area (Å²) in [7, 11) is -3.98. The summed E-state index contributed by atoms with van der Waals surface area (Å²) in [5.41, 5.74) is -0.301. The van der Waals surface area contributed by atoms with Gasteiger partial charge in [0.2, 0.25) is 10.0 Å². The summed E-state index contributed by atoms with van der Waals surface area (Å²) in [6.07, 6.45) is 0. The lowest BCUT2D eigenvalue weighted by molar-refractivity contribution is -0.384. The minimum absolute atomic E-state index is 0.247. The lowest BCUT2D eigenvalue weighted by Gasteiger charge is -2.23. The van der Waals surface area contributed by atoms with Crippen molar-refractivity contribution in [3.63, 3.8) is 0 Å². The third kappa shape index (κ3) is 3.25. The zero-order chi connectivity index (χ0) is 15.5. The Morgan fingerprint density at radius 3 is 2.50 bits per heavy atom. The molecular weight excluding hydrogens is 306 g/mol. The molecule has 0 aliphatic heterocycles. The van der Waals surface area contributed by atoms with Crippen LogP contribution in [0.2, 0.25) is 5.02 Å². The Bertz CT molecular complexity index is 667. The summed E-state index contributed by atoms with van der Waals surface area (Å²) in [6, 6.07) is 4.43. The zero-order valence-electron chi connectivity index (χ0n) is 10.8. The minimum atomic E-state index is -3.98. The maximum Gasteiger partial charge on any atom is 0.271 e. The number of rotatable bonds is 5. The van der Waals surface area contributed by atoms with Crippen LogP contribution in [0, 0.1) is 21.4 Å². The number of benzene rings is 1. The molecule has 0 bridgehead atoms. The van der Waals surface area contributed by atoms with E-state index in [0.29, 0.717) is 0 Å². The highest BCUT2D eigenvalue weighted by molar-refractivity contribution is 7.89. The van der Waals surface area contributed by atoms with Gasteiger partial charge in [0.05, 0.1) is 16.0 Å². The number of nitro benzene ring substituents is 1.